The quantitative estimate of drug-likeness (QED) is 0.300. The topological polar surface area (TPSA) is 107 Å². The predicted molar refractivity (Wildman–Crippen MR) is 147 cm³/mol. The minimum absolute atomic E-state index is 0.155. The summed E-state index contributed by atoms with van der Waals surface area (Å²) in [5.41, 5.74) is 2.48. The molecule has 3 aromatic rings. The summed E-state index contributed by atoms with van der Waals surface area (Å²) in [5, 5.41) is 3.52. The number of carbonyl (C=O) groups is 2. The number of aldehydes is 1. The molecular formula is C26H28IN3O5S. The van der Waals surface area contributed by atoms with Crippen molar-refractivity contribution >= 4 is 61.6 Å². The summed E-state index contributed by atoms with van der Waals surface area (Å²) in [5.74, 6) is 0. The highest BCUT2D eigenvalue weighted by Gasteiger charge is 2.28. The molecule has 1 aromatic carbocycles. The summed E-state index contributed by atoms with van der Waals surface area (Å²) >= 11 is 2.08. The lowest BCUT2D eigenvalue weighted by Crippen LogP contribution is -2.40. The SMILES string of the molecule is Cc1ccc(S(=O)(=O)n2cc(I)c3c(C4=CCCC(NC(=O)OC(C)(C)C)C4)c(C=O)cnc32)cc1. The van der Waals surface area contributed by atoms with Crippen molar-refractivity contribution in [2.24, 2.45) is 0 Å². The second-order valence-corrected chi connectivity index (χ2v) is 12.8. The highest BCUT2D eigenvalue weighted by Crippen LogP contribution is 2.37. The molecule has 0 radical (unpaired) electrons. The van der Waals surface area contributed by atoms with Gasteiger partial charge in [0.15, 0.2) is 11.9 Å². The zero-order valence-electron chi connectivity index (χ0n) is 20.5. The molecule has 8 nitrogen and oxygen atoms in total. The van der Waals surface area contributed by atoms with Gasteiger partial charge in [0, 0.05) is 38.5 Å². The first kappa shape index (κ1) is 26.3. The third-order valence-electron chi connectivity index (χ3n) is 5.89. The summed E-state index contributed by atoms with van der Waals surface area (Å²) < 4.78 is 34.2. The van der Waals surface area contributed by atoms with Crippen LogP contribution in [0.1, 0.15) is 61.5 Å². The van der Waals surface area contributed by atoms with E-state index in [1.54, 1.807) is 45.0 Å². The van der Waals surface area contributed by atoms with E-state index in [9.17, 15) is 18.0 Å². The van der Waals surface area contributed by atoms with E-state index in [0.717, 1.165) is 23.8 Å². The Hall–Kier alpha value is -2.73. The molecule has 1 amide bonds. The number of hydrogen-bond donors (Lipinski definition) is 1. The number of hydrogen-bond acceptors (Lipinski definition) is 6. The molecule has 0 fully saturated rings. The number of carbonyl (C=O) groups excluding carboxylic acids is 2. The molecule has 0 saturated heterocycles. The fourth-order valence-corrected chi connectivity index (χ4v) is 6.59. The van der Waals surface area contributed by atoms with Gasteiger partial charge >= 0.3 is 6.09 Å². The Morgan fingerprint density at radius 1 is 1.25 bits per heavy atom. The number of rotatable bonds is 5. The number of aromatic nitrogens is 2. The van der Waals surface area contributed by atoms with E-state index < -0.39 is 21.7 Å². The molecule has 0 saturated carbocycles. The molecule has 4 rings (SSSR count). The Kier molecular flexibility index (Phi) is 7.29. The third-order valence-corrected chi connectivity index (χ3v) is 8.37. The predicted octanol–water partition coefficient (Wildman–Crippen LogP) is 5.46. The molecule has 10 heteroatoms. The molecule has 190 valence electrons. The lowest BCUT2D eigenvalue weighted by molar-refractivity contribution is 0.0502. The van der Waals surface area contributed by atoms with Crippen molar-refractivity contribution in [3.63, 3.8) is 0 Å². The second-order valence-electron chi connectivity index (χ2n) is 9.85. The standard InChI is InChI=1S/C26H28IN3O5S/c1-16-8-10-20(11-9-16)36(33,34)30-14-21(27)23-22(18(15-31)13-28-24(23)30)17-6-5-7-19(12-17)29-25(32)35-26(2,3)4/h6,8-11,13-15,19H,5,7,12H2,1-4H3,(H,29,32). The Morgan fingerprint density at radius 2 is 1.94 bits per heavy atom. The average Bonchev–Trinajstić information content (AvgIpc) is 3.15. The summed E-state index contributed by atoms with van der Waals surface area (Å²) in [6.45, 7) is 7.31. The Bertz CT molecular complexity index is 1470. The van der Waals surface area contributed by atoms with Crippen LogP contribution in [-0.2, 0) is 14.8 Å². The van der Waals surface area contributed by atoms with Crippen molar-refractivity contribution in [3.05, 3.63) is 63.0 Å². The highest BCUT2D eigenvalue weighted by atomic mass is 127. The van der Waals surface area contributed by atoms with Gasteiger partial charge < -0.3 is 10.1 Å². The molecule has 1 unspecified atom stereocenters. The van der Waals surface area contributed by atoms with E-state index in [4.69, 9.17) is 4.74 Å². The number of nitrogens with zero attached hydrogens (tertiary/aromatic N) is 2. The Balaban J connectivity index is 1.76. The minimum atomic E-state index is -3.90. The third kappa shape index (κ3) is 5.34. The van der Waals surface area contributed by atoms with Gasteiger partial charge in [0.05, 0.1) is 4.90 Å². The average molecular weight is 621 g/mol. The largest absolute Gasteiger partial charge is 0.444 e. The molecule has 0 spiro atoms. The van der Waals surface area contributed by atoms with Crippen LogP contribution in [0.2, 0.25) is 0 Å². The van der Waals surface area contributed by atoms with Crippen molar-refractivity contribution in [1.29, 1.82) is 0 Å². The number of allylic oxidation sites excluding steroid dienone is 1. The smallest absolute Gasteiger partial charge is 0.407 e. The van der Waals surface area contributed by atoms with Gasteiger partial charge in [0.1, 0.15) is 5.60 Å². The van der Waals surface area contributed by atoms with Crippen molar-refractivity contribution in [2.75, 3.05) is 0 Å². The molecular weight excluding hydrogens is 593 g/mol. The van der Waals surface area contributed by atoms with Crippen LogP contribution in [0.15, 0.2) is 47.6 Å². The number of amides is 1. The maximum atomic E-state index is 13.5. The number of nitrogens with one attached hydrogen (secondary N) is 1. The van der Waals surface area contributed by atoms with Crippen LogP contribution in [0.3, 0.4) is 0 Å². The first-order valence-corrected chi connectivity index (χ1v) is 14.1. The van der Waals surface area contributed by atoms with E-state index in [0.29, 0.717) is 32.9 Å². The summed E-state index contributed by atoms with van der Waals surface area (Å²) in [6.07, 6.45) is 7.12. The molecule has 2 aromatic heterocycles. The monoisotopic (exact) mass is 621 g/mol. The zero-order chi connectivity index (χ0) is 26.3. The van der Waals surface area contributed by atoms with Gasteiger partial charge in [0.2, 0.25) is 0 Å². The summed E-state index contributed by atoms with van der Waals surface area (Å²) in [7, 11) is -3.90. The fraction of sp³-hybridized carbons (Fsp3) is 0.346. The molecule has 36 heavy (non-hydrogen) atoms. The maximum absolute atomic E-state index is 13.5. The van der Waals surface area contributed by atoms with Crippen molar-refractivity contribution in [1.82, 2.24) is 14.3 Å². The number of ether oxygens (including phenoxy) is 1. The van der Waals surface area contributed by atoms with Gasteiger partial charge in [-0.1, -0.05) is 23.8 Å². The zero-order valence-corrected chi connectivity index (χ0v) is 23.5. The van der Waals surface area contributed by atoms with Gasteiger partial charge in [-0.3, -0.25) is 4.79 Å². The Labute approximate surface area is 224 Å². The van der Waals surface area contributed by atoms with Crippen LogP contribution in [0.4, 0.5) is 4.79 Å². The van der Waals surface area contributed by atoms with E-state index in [1.165, 1.54) is 16.4 Å². The summed E-state index contributed by atoms with van der Waals surface area (Å²) in [6, 6.07) is 6.45. The molecule has 1 aliphatic carbocycles. The second kappa shape index (κ2) is 9.97. The van der Waals surface area contributed by atoms with Crippen LogP contribution in [-0.4, -0.2) is 41.4 Å². The minimum Gasteiger partial charge on any atom is -0.444 e. The molecule has 1 N–H and O–H groups in total. The molecule has 1 atom stereocenters. The summed E-state index contributed by atoms with van der Waals surface area (Å²) in [4.78, 5) is 28.9. The molecule has 1 aliphatic rings. The number of pyridine rings is 1. The van der Waals surface area contributed by atoms with Gasteiger partial charge in [-0.2, -0.15) is 0 Å². The lowest BCUT2D eigenvalue weighted by Gasteiger charge is -2.27. The van der Waals surface area contributed by atoms with Crippen LogP contribution in [0.25, 0.3) is 16.6 Å². The first-order valence-electron chi connectivity index (χ1n) is 11.6. The van der Waals surface area contributed by atoms with Crippen LogP contribution >= 0.6 is 22.6 Å². The molecule has 0 bridgehead atoms. The van der Waals surface area contributed by atoms with Crippen molar-refractivity contribution < 1.29 is 22.7 Å². The number of benzene rings is 1. The van der Waals surface area contributed by atoms with Crippen molar-refractivity contribution in [2.45, 2.75) is 63.5 Å². The normalized spacial score (nSPS) is 16.5. The number of fused-ring (bicyclic) bond motifs is 1. The van der Waals surface area contributed by atoms with Crippen LogP contribution in [0.5, 0.6) is 0 Å². The maximum Gasteiger partial charge on any atom is 0.407 e. The van der Waals surface area contributed by atoms with E-state index in [1.807, 2.05) is 13.0 Å². The van der Waals surface area contributed by atoms with E-state index in [2.05, 4.69) is 32.9 Å². The van der Waals surface area contributed by atoms with E-state index in [-0.39, 0.29) is 16.6 Å². The fourth-order valence-electron chi connectivity index (χ4n) is 4.29. The highest BCUT2D eigenvalue weighted by molar-refractivity contribution is 14.1. The van der Waals surface area contributed by atoms with Gasteiger partial charge in [-0.15, -0.1) is 0 Å². The van der Waals surface area contributed by atoms with E-state index >= 15 is 0 Å². The van der Waals surface area contributed by atoms with Gasteiger partial charge in [-0.05, 0) is 87.3 Å². The lowest BCUT2D eigenvalue weighted by atomic mass is 9.87. The van der Waals surface area contributed by atoms with Crippen LogP contribution < -0.4 is 5.32 Å². The molecule has 0 aliphatic heterocycles. The number of alkyl carbamates (subject to hydrolysis) is 1. The molecule has 2 heterocycles. The number of halogens is 1. The first-order chi connectivity index (χ1) is 16.9. The van der Waals surface area contributed by atoms with Gasteiger partial charge in [-0.25, -0.2) is 22.2 Å². The van der Waals surface area contributed by atoms with Crippen molar-refractivity contribution in [3.8, 4) is 0 Å². The van der Waals surface area contributed by atoms with Gasteiger partial charge in [0.25, 0.3) is 10.0 Å². The van der Waals surface area contributed by atoms with Crippen LogP contribution in [0, 0.1) is 10.5 Å². The number of aryl methyl sites for hydroxylation is 1. The Morgan fingerprint density at radius 3 is 2.58 bits per heavy atom.